The second-order valence-electron chi connectivity index (χ2n) is 7.14. The van der Waals surface area contributed by atoms with E-state index in [1.807, 2.05) is 19.1 Å². The molecule has 7 heteroatoms. The summed E-state index contributed by atoms with van der Waals surface area (Å²) in [5.41, 5.74) is 2.99. The van der Waals surface area contributed by atoms with E-state index in [-0.39, 0.29) is 30.4 Å². The summed E-state index contributed by atoms with van der Waals surface area (Å²) < 4.78 is 12.1. The molecule has 1 aromatic heterocycles. The first-order chi connectivity index (χ1) is 13.0. The van der Waals surface area contributed by atoms with Gasteiger partial charge in [-0.2, -0.15) is 0 Å². The summed E-state index contributed by atoms with van der Waals surface area (Å²) in [7, 11) is 0. The molecule has 1 aliphatic carbocycles. The molecule has 0 spiro atoms. The number of esters is 1. The minimum Gasteiger partial charge on any atom is -0.459 e. The first kappa shape index (κ1) is 18.9. The topological polar surface area (TPSA) is 64.6 Å². The van der Waals surface area contributed by atoms with E-state index in [4.69, 9.17) is 9.47 Å². The first-order valence-electron chi connectivity index (χ1n) is 9.32. The van der Waals surface area contributed by atoms with E-state index in [9.17, 15) is 9.59 Å². The third-order valence-electron chi connectivity index (χ3n) is 5.30. The number of allylic oxidation sites excluding steroid dienone is 3. The molecule has 2 atom stereocenters. The van der Waals surface area contributed by atoms with Crippen LogP contribution in [0.4, 0.5) is 0 Å². The second-order valence-corrected chi connectivity index (χ2v) is 9.64. The van der Waals surface area contributed by atoms with Gasteiger partial charge in [-0.05, 0) is 60.7 Å². The Kier molecular flexibility index (Phi) is 5.53. The molecule has 0 bridgehead atoms. The van der Waals surface area contributed by atoms with Crippen molar-refractivity contribution in [2.45, 2.75) is 51.0 Å². The number of ketones is 1. The number of thiophene rings is 1. The van der Waals surface area contributed by atoms with Crippen LogP contribution in [0.3, 0.4) is 0 Å². The molecule has 144 valence electrons. The summed E-state index contributed by atoms with van der Waals surface area (Å²) in [5, 5.41) is 3.31. The van der Waals surface area contributed by atoms with E-state index in [0.29, 0.717) is 12.0 Å². The maximum absolute atomic E-state index is 13.0. The largest absolute Gasteiger partial charge is 0.459 e. The molecule has 2 aliphatic heterocycles. The van der Waals surface area contributed by atoms with Gasteiger partial charge in [0.2, 0.25) is 0 Å². The number of nitrogens with one attached hydrogen (secondary N) is 1. The quantitative estimate of drug-likeness (QED) is 0.694. The summed E-state index contributed by atoms with van der Waals surface area (Å²) in [6.45, 7) is 2.87. The van der Waals surface area contributed by atoms with Crippen molar-refractivity contribution in [3.05, 3.63) is 43.3 Å². The minimum absolute atomic E-state index is 0.0215. The molecule has 1 N–H and O–H groups in total. The van der Waals surface area contributed by atoms with Crippen molar-refractivity contribution in [1.29, 1.82) is 0 Å². The number of dihydropyridines is 1. The Balaban J connectivity index is 1.67. The van der Waals surface area contributed by atoms with Crippen molar-refractivity contribution in [3.63, 3.8) is 0 Å². The predicted molar refractivity (Wildman–Crippen MR) is 106 cm³/mol. The highest BCUT2D eigenvalue weighted by molar-refractivity contribution is 9.11. The lowest BCUT2D eigenvalue weighted by Crippen LogP contribution is -2.34. The Labute approximate surface area is 170 Å². The molecular weight excluding hydrogens is 430 g/mol. The van der Waals surface area contributed by atoms with E-state index >= 15 is 0 Å². The first-order valence-corrected chi connectivity index (χ1v) is 10.9. The van der Waals surface area contributed by atoms with Crippen LogP contribution in [0.2, 0.25) is 0 Å². The standard InChI is InChI=1S/C20H22BrNO4S/c1-11-17(20(24)26-10-12-4-3-9-25-12)19(15-7-8-16(21)27-15)18-13(22-11)5-2-6-14(18)23/h7-8,12,19,22H,2-6,9-10H2,1H3/t12-,19+/m1/s1. The van der Waals surface area contributed by atoms with Crippen LogP contribution in [0.1, 0.15) is 49.8 Å². The van der Waals surface area contributed by atoms with Crippen LogP contribution in [0.5, 0.6) is 0 Å². The van der Waals surface area contributed by atoms with Gasteiger partial charge in [0.1, 0.15) is 6.61 Å². The number of Topliss-reactive ketones (excluding diaryl/α,β-unsaturated/α-hetero) is 1. The lowest BCUT2D eigenvalue weighted by molar-refractivity contribution is -0.142. The third-order valence-corrected chi connectivity index (χ3v) is 6.99. The molecule has 5 nitrogen and oxygen atoms in total. The summed E-state index contributed by atoms with van der Waals surface area (Å²) in [6.07, 6.45) is 4.10. The number of carbonyl (C=O) groups excluding carboxylic acids is 2. The van der Waals surface area contributed by atoms with Gasteiger partial charge in [0, 0.05) is 34.9 Å². The van der Waals surface area contributed by atoms with E-state index in [1.165, 1.54) is 0 Å². The Morgan fingerprint density at radius 2 is 2.22 bits per heavy atom. The molecule has 0 saturated carbocycles. The number of hydrogen-bond donors (Lipinski definition) is 1. The molecule has 0 radical (unpaired) electrons. The number of rotatable bonds is 4. The molecule has 0 unspecified atom stereocenters. The Morgan fingerprint density at radius 3 is 2.93 bits per heavy atom. The van der Waals surface area contributed by atoms with Gasteiger partial charge in [-0.3, -0.25) is 4.79 Å². The highest BCUT2D eigenvalue weighted by Crippen LogP contribution is 2.45. The van der Waals surface area contributed by atoms with Crippen LogP contribution in [0.15, 0.2) is 38.5 Å². The summed E-state index contributed by atoms with van der Waals surface area (Å²) >= 11 is 5.06. The Hall–Kier alpha value is -1.44. The maximum Gasteiger partial charge on any atom is 0.336 e. The van der Waals surface area contributed by atoms with Gasteiger partial charge in [-0.25, -0.2) is 4.79 Å². The third kappa shape index (κ3) is 3.77. The molecule has 3 aliphatic rings. The van der Waals surface area contributed by atoms with Gasteiger partial charge < -0.3 is 14.8 Å². The molecule has 0 aromatic carbocycles. The molecule has 1 aromatic rings. The lowest BCUT2D eigenvalue weighted by Gasteiger charge is -2.33. The van der Waals surface area contributed by atoms with Crippen molar-refractivity contribution in [1.82, 2.24) is 5.32 Å². The summed E-state index contributed by atoms with van der Waals surface area (Å²) in [6, 6.07) is 3.94. The average Bonchev–Trinajstić information content (AvgIpc) is 3.30. The smallest absolute Gasteiger partial charge is 0.336 e. The van der Waals surface area contributed by atoms with E-state index < -0.39 is 0 Å². The summed E-state index contributed by atoms with van der Waals surface area (Å²) in [4.78, 5) is 26.8. The van der Waals surface area contributed by atoms with Crippen LogP contribution >= 0.6 is 27.3 Å². The number of ether oxygens (including phenoxy) is 2. The molecule has 27 heavy (non-hydrogen) atoms. The van der Waals surface area contributed by atoms with Crippen molar-refractivity contribution in [2.24, 2.45) is 0 Å². The molecule has 0 amide bonds. The van der Waals surface area contributed by atoms with Crippen LogP contribution in [0, 0.1) is 0 Å². The van der Waals surface area contributed by atoms with Gasteiger partial charge in [0.15, 0.2) is 5.78 Å². The van der Waals surface area contributed by atoms with Gasteiger partial charge in [-0.1, -0.05) is 0 Å². The molecular formula is C20H22BrNO4S. The number of hydrogen-bond acceptors (Lipinski definition) is 6. The van der Waals surface area contributed by atoms with E-state index in [2.05, 4.69) is 21.2 Å². The van der Waals surface area contributed by atoms with Crippen molar-refractivity contribution in [3.8, 4) is 0 Å². The molecule has 1 saturated heterocycles. The zero-order chi connectivity index (χ0) is 19.0. The molecule has 4 rings (SSSR count). The van der Waals surface area contributed by atoms with Gasteiger partial charge >= 0.3 is 5.97 Å². The Morgan fingerprint density at radius 1 is 1.37 bits per heavy atom. The molecule has 3 heterocycles. The van der Waals surface area contributed by atoms with E-state index in [0.717, 1.165) is 57.9 Å². The van der Waals surface area contributed by atoms with Crippen molar-refractivity contribution in [2.75, 3.05) is 13.2 Å². The average molecular weight is 452 g/mol. The van der Waals surface area contributed by atoms with Gasteiger partial charge in [0.05, 0.1) is 21.4 Å². The van der Waals surface area contributed by atoms with Gasteiger partial charge in [-0.15, -0.1) is 11.3 Å². The predicted octanol–water partition coefficient (Wildman–Crippen LogP) is 4.20. The highest BCUT2D eigenvalue weighted by atomic mass is 79.9. The molecule has 1 fully saturated rings. The van der Waals surface area contributed by atoms with E-state index in [1.54, 1.807) is 11.3 Å². The van der Waals surface area contributed by atoms with Crippen LogP contribution in [-0.4, -0.2) is 31.1 Å². The van der Waals surface area contributed by atoms with Crippen LogP contribution < -0.4 is 5.32 Å². The monoisotopic (exact) mass is 451 g/mol. The summed E-state index contributed by atoms with van der Waals surface area (Å²) in [5.74, 6) is -0.604. The zero-order valence-electron chi connectivity index (χ0n) is 15.2. The van der Waals surface area contributed by atoms with Crippen LogP contribution in [-0.2, 0) is 19.1 Å². The van der Waals surface area contributed by atoms with Gasteiger partial charge in [0.25, 0.3) is 0 Å². The fourth-order valence-corrected chi connectivity index (χ4v) is 5.59. The second kappa shape index (κ2) is 7.89. The lowest BCUT2D eigenvalue weighted by atomic mass is 9.78. The SMILES string of the molecule is CC1=C(C(=O)OC[C@H]2CCCO2)[C@H](c2ccc(Br)s2)C2=C(CCCC2=O)N1. The highest BCUT2D eigenvalue weighted by Gasteiger charge is 2.40. The fourth-order valence-electron chi connectivity index (χ4n) is 4.04. The van der Waals surface area contributed by atoms with Crippen molar-refractivity contribution >= 4 is 39.0 Å². The minimum atomic E-state index is -0.366. The number of halogens is 1. The fraction of sp³-hybridized carbons (Fsp3) is 0.500. The van der Waals surface area contributed by atoms with Crippen LogP contribution in [0.25, 0.3) is 0 Å². The van der Waals surface area contributed by atoms with Crippen molar-refractivity contribution < 1.29 is 19.1 Å². The normalized spacial score (nSPS) is 25.5. The zero-order valence-corrected chi connectivity index (χ0v) is 17.6. The Bertz CT molecular complexity index is 835. The maximum atomic E-state index is 13.0. The number of carbonyl (C=O) groups is 2.